The molecule has 0 fully saturated rings. The normalized spacial score (nSPS) is 21.9. The molecule has 0 radical (unpaired) electrons. The summed E-state index contributed by atoms with van der Waals surface area (Å²) in [6, 6.07) is 3.90. The molecule has 0 spiro atoms. The van der Waals surface area contributed by atoms with Gasteiger partial charge in [0.25, 0.3) is 0 Å². The van der Waals surface area contributed by atoms with E-state index in [2.05, 4.69) is 26.5 Å². The lowest BCUT2D eigenvalue weighted by atomic mass is 9.74. The molecule has 0 bridgehead atoms. The molecule has 0 amide bonds. The third kappa shape index (κ3) is 4.31. The fraction of sp³-hybridized carbons (Fsp3) is 0.522. The minimum atomic E-state index is -1.56. The lowest BCUT2D eigenvalue weighted by Gasteiger charge is -2.37. The van der Waals surface area contributed by atoms with E-state index in [1.807, 2.05) is 12.1 Å². The molecular weight excluding hydrogens is 356 g/mol. The number of benzene rings is 1. The third-order valence-corrected chi connectivity index (χ3v) is 5.62. The molecule has 1 aromatic rings. The van der Waals surface area contributed by atoms with Crippen LogP contribution >= 0.6 is 0 Å². The van der Waals surface area contributed by atoms with Gasteiger partial charge in [0.05, 0.1) is 6.61 Å². The molecule has 28 heavy (non-hydrogen) atoms. The van der Waals surface area contributed by atoms with Crippen molar-refractivity contribution in [2.24, 2.45) is 5.92 Å². The first-order valence-corrected chi connectivity index (χ1v) is 10.2. The van der Waals surface area contributed by atoms with Crippen LogP contribution in [-0.4, -0.2) is 28.9 Å². The van der Waals surface area contributed by atoms with Crippen molar-refractivity contribution in [3.63, 3.8) is 0 Å². The van der Waals surface area contributed by atoms with Gasteiger partial charge in [-0.15, -0.1) is 0 Å². The monoisotopic (exact) mass is 386 g/mol. The van der Waals surface area contributed by atoms with E-state index in [0.29, 0.717) is 11.5 Å². The van der Waals surface area contributed by atoms with Gasteiger partial charge in [-0.2, -0.15) is 0 Å². The van der Waals surface area contributed by atoms with Crippen LogP contribution in [0.5, 0.6) is 11.5 Å². The van der Waals surface area contributed by atoms with Crippen molar-refractivity contribution in [2.45, 2.75) is 64.4 Å². The molecule has 0 saturated carbocycles. The van der Waals surface area contributed by atoms with Crippen molar-refractivity contribution < 1.29 is 24.5 Å². The maximum Gasteiger partial charge on any atom is 0.342 e. The number of fused-ring (bicyclic) bond motifs is 3. The standard InChI is InChI=1S/C23H30O5/c1-4-5-6-7-16-11-20-22(21(12-16)28-23(26)19(25)13-24)18-10-14(2)8-9-17(18)15(3)27-20/h10-12,17-19,24-25H,3-9,13H2,1-2H3/t17-,18+,19-/m0/s1. The Kier molecular flexibility index (Phi) is 6.57. The van der Waals surface area contributed by atoms with E-state index >= 15 is 0 Å². The average Bonchev–Trinajstić information content (AvgIpc) is 2.67. The molecule has 0 unspecified atom stereocenters. The van der Waals surface area contributed by atoms with Crippen molar-refractivity contribution >= 4 is 5.97 Å². The number of aliphatic hydroxyl groups excluding tert-OH is 2. The van der Waals surface area contributed by atoms with E-state index in [0.717, 1.165) is 55.4 Å². The smallest absolute Gasteiger partial charge is 0.342 e. The van der Waals surface area contributed by atoms with Gasteiger partial charge in [0.1, 0.15) is 17.3 Å². The Hall–Kier alpha value is -2.11. The fourth-order valence-electron chi connectivity index (χ4n) is 4.06. The van der Waals surface area contributed by atoms with Crippen molar-refractivity contribution in [1.29, 1.82) is 0 Å². The number of aryl methyl sites for hydroxylation is 1. The minimum absolute atomic E-state index is 0.0313. The highest BCUT2D eigenvalue weighted by molar-refractivity contribution is 5.78. The second-order valence-corrected chi connectivity index (χ2v) is 7.83. The number of aliphatic hydroxyl groups is 2. The second-order valence-electron chi connectivity index (χ2n) is 7.83. The summed E-state index contributed by atoms with van der Waals surface area (Å²) in [7, 11) is 0. The zero-order chi connectivity index (χ0) is 20.3. The van der Waals surface area contributed by atoms with Crippen LogP contribution in [0.25, 0.3) is 0 Å². The number of allylic oxidation sites excluding steroid dienone is 3. The molecule has 1 aliphatic heterocycles. The molecule has 1 aromatic carbocycles. The summed E-state index contributed by atoms with van der Waals surface area (Å²) >= 11 is 0. The van der Waals surface area contributed by atoms with Crippen LogP contribution in [0.4, 0.5) is 0 Å². The summed E-state index contributed by atoms with van der Waals surface area (Å²) in [5.74, 6) is 1.15. The summed E-state index contributed by atoms with van der Waals surface area (Å²) in [5, 5.41) is 18.7. The van der Waals surface area contributed by atoms with Gasteiger partial charge in [-0.05, 0) is 50.3 Å². The first kappa shape index (κ1) is 20.6. The molecule has 3 atom stereocenters. The Morgan fingerprint density at radius 1 is 1.39 bits per heavy atom. The molecule has 1 heterocycles. The summed E-state index contributed by atoms with van der Waals surface area (Å²) in [6.45, 7) is 7.72. The predicted octanol–water partition coefficient (Wildman–Crippen LogP) is 4.02. The first-order valence-electron chi connectivity index (χ1n) is 10.2. The van der Waals surface area contributed by atoms with Gasteiger partial charge in [0.2, 0.25) is 0 Å². The molecule has 2 aliphatic rings. The molecule has 2 N–H and O–H groups in total. The number of hydrogen-bond acceptors (Lipinski definition) is 5. The lowest BCUT2D eigenvalue weighted by Crippen LogP contribution is -2.31. The topological polar surface area (TPSA) is 76.0 Å². The lowest BCUT2D eigenvalue weighted by molar-refractivity contribution is -0.145. The van der Waals surface area contributed by atoms with Crippen LogP contribution in [0.3, 0.4) is 0 Å². The van der Waals surface area contributed by atoms with E-state index in [9.17, 15) is 9.90 Å². The number of unbranched alkanes of at least 4 members (excludes halogenated alkanes) is 2. The molecular formula is C23H30O5. The molecule has 5 heteroatoms. The van der Waals surface area contributed by atoms with Gasteiger partial charge in [-0.1, -0.05) is 38.0 Å². The van der Waals surface area contributed by atoms with Crippen LogP contribution < -0.4 is 9.47 Å². The van der Waals surface area contributed by atoms with E-state index in [-0.39, 0.29) is 11.8 Å². The van der Waals surface area contributed by atoms with Crippen LogP contribution in [-0.2, 0) is 11.2 Å². The zero-order valence-corrected chi connectivity index (χ0v) is 16.7. The summed E-state index contributed by atoms with van der Waals surface area (Å²) < 4.78 is 11.6. The number of rotatable bonds is 7. The van der Waals surface area contributed by atoms with Crippen LogP contribution in [0.2, 0.25) is 0 Å². The highest BCUT2D eigenvalue weighted by Crippen LogP contribution is 2.51. The number of ether oxygens (including phenoxy) is 2. The van der Waals surface area contributed by atoms with Crippen LogP contribution in [0.15, 0.2) is 36.1 Å². The average molecular weight is 386 g/mol. The summed E-state index contributed by atoms with van der Waals surface area (Å²) in [5.41, 5.74) is 3.15. The molecule has 0 saturated heterocycles. The van der Waals surface area contributed by atoms with E-state index in [1.54, 1.807) is 0 Å². The van der Waals surface area contributed by atoms with E-state index in [1.165, 1.54) is 5.57 Å². The van der Waals surface area contributed by atoms with E-state index < -0.39 is 18.7 Å². The maximum atomic E-state index is 12.2. The predicted molar refractivity (Wildman–Crippen MR) is 107 cm³/mol. The van der Waals surface area contributed by atoms with E-state index in [4.69, 9.17) is 14.6 Å². The van der Waals surface area contributed by atoms with Crippen molar-refractivity contribution in [3.05, 3.63) is 47.2 Å². The molecule has 3 rings (SSSR count). The van der Waals surface area contributed by atoms with Gasteiger partial charge < -0.3 is 19.7 Å². The SMILES string of the molecule is C=C1Oc2cc(CCCCC)cc(OC(=O)[C@@H](O)CO)c2[C@@H]2C=C(C)CC[C@@H]12. The quantitative estimate of drug-likeness (QED) is 0.320. The Bertz CT molecular complexity index is 779. The molecule has 0 aromatic heterocycles. The van der Waals surface area contributed by atoms with Gasteiger partial charge >= 0.3 is 5.97 Å². The molecule has 5 nitrogen and oxygen atoms in total. The van der Waals surface area contributed by atoms with Gasteiger partial charge in [0, 0.05) is 17.4 Å². The van der Waals surface area contributed by atoms with Crippen molar-refractivity contribution in [3.8, 4) is 11.5 Å². The highest BCUT2D eigenvalue weighted by atomic mass is 16.6. The first-order chi connectivity index (χ1) is 13.4. The maximum absolute atomic E-state index is 12.2. The fourth-order valence-corrected chi connectivity index (χ4v) is 4.06. The number of carbonyl (C=O) groups excluding carboxylic acids is 1. The summed E-state index contributed by atoms with van der Waals surface area (Å²) in [6.07, 6.45) is 6.71. The zero-order valence-electron chi connectivity index (χ0n) is 16.7. The highest BCUT2D eigenvalue weighted by Gasteiger charge is 2.38. The Morgan fingerprint density at radius 2 is 2.18 bits per heavy atom. The largest absolute Gasteiger partial charge is 0.462 e. The Labute approximate surface area is 166 Å². The number of hydrogen-bond donors (Lipinski definition) is 2. The van der Waals surface area contributed by atoms with Crippen molar-refractivity contribution in [2.75, 3.05) is 6.61 Å². The minimum Gasteiger partial charge on any atom is -0.462 e. The van der Waals surface area contributed by atoms with Gasteiger partial charge in [-0.3, -0.25) is 0 Å². The second kappa shape index (κ2) is 8.93. The van der Waals surface area contributed by atoms with Gasteiger partial charge in [-0.25, -0.2) is 4.79 Å². The number of esters is 1. The Balaban J connectivity index is 2.03. The van der Waals surface area contributed by atoms with Crippen molar-refractivity contribution in [1.82, 2.24) is 0 Å². The molecule has 152 valence electrons. The number of carbonyl (C=O) groups is 1. The van der Waals surface area contributed by atoms with Gasteiger partial charge in [0.15, 0.2) is 6.10 Å². The summed E-state index contributed by atoms with van der Waals surface area (Å²) in [4.78, 5) is 12.2. The molecule has 1 aliphatic carbocycles. The van der Waals surface area contributed by atoms with Crippen LogP contribution in [0, 0.1) is 5.92 Å². The van der Waals surface area contributed by atoms with Crippen LogP contribution in [0.1, 0.15) is 63.0 Å². The third-order valence-electron chi connectivity index (χ3n) is 5.62. The Morgan fingerprint density at radius 3 is 2.89 bits per heavy atom.